The molecule has 1 amide bonds. The van der Waals surface area contributed by atoms with Crippen LogP contribution in [0.25, 0.3) is 0 Å². The molecule has 86 valence electrons. The first-order valence-electron chi connectivity index (χ1n) is 5.31. The quantitative estimate of drug-likeness (QED) is 0.765. The number of nitrogens with one attached hydrogen (secondary N) is 1. The van der Waals surface area contributed by atoms with Gasteiger partial charge in [-0.3, -0.25) is 4.79 Å². The van der Waals surface area contributed by atoms with Crippen LogP contribution in [0, 0.1) is 0 Å². The smallest absolute Gasteiger partial charge is 0.272 e. The van der Waals surface area contributed by atoms with Crippen LogP contribution in [-0.2, 0) is 4.74 Å². The third-order valence-corrected chi connectivity index (χ3v) is 2.75. The molecule has 2 atom stereocenters. The lowest BCUT2D eigenvalue weighted by molar-refractivity contribution is 0.0862. The van der Waals surface area contributed by atoms with E-state index in [-0.39, 0.29) is 23.7 Å². The molecule has 0 spiro atoms. The molecule has 2 rings (SSSR count). The summed E-state index contributed by atoms with van der Waals surface area (Å²) in [6.07, 6.45) is 2.44. The highest BCUT2D eigenvalue weighted by Crippen LogP contribution is 2.14. The van der Waals surface area contributed by atoms with Crippen molar-refractivity contribution in [1.82, 2.24) is 10.3 Å². The predicted octanol–water partition coefficient (Wildman–Crippen LogP) is 0.571. The van der Waals surface area contributed by atoms with E-state index in [4.69, 9.17) is 10.5 Å². The van der Waals surface area contributed by atoms with Crippen molar-refractivity contribution in [3.63, 3.8) is 0 Å². The Hall–Kier alpha value is -1.62. The van der Waals surface area contributed by atoms with E-state index in [0.717, 1.165) is 6.42 Å². The van der Waals surface area contributed by atoms with Crippen LogP contribution in [0.3, 0.4) is 0 Å². The summed E-state index contributed by atoms with van der Waals surface area (Å²) < 4.78 is 5.37. The zero-order chi connectivity index (χ0) is 11.5. The van der Waals surface area contributed by atoms with Gasteiger partial charge < -0.3 is 15.8 Å². The fraction of sp³-hybridized carbons (Fsp3) is 0.455. The Kier molecular flexibility index (Phi) is 3.05. The lowest BCUT2D eigenvalue weighted by Crippen LogP contribution is -2.39. The van der Waals surface area contributed by atoms with Crippen molar-refractivity contribution in [2.24, 2.45) is 0 Å². The van der Waals surface area contributed by atoms with Crippen LogP contribution in [0.2, 0.25) is 0 Å². The maximum absolute atomic E-state index is 11.9. The molecular formula is C11H15N3O2. The number of pyridine rings is 1. The molecule has 1 aromatic heterocycles. The van der Waals surface area contributed by atoms with Crippen LogP contribution in [0.15, 0.2) is 18.3 Å². The van der Waals surface area contributed by atoms with Gasteiger partial charge in [0.1, 0.15) is 0 Å². The van der Waals surface area contributed by atoms with E-state index in [2.05, 4.69) is 10.3 Å². The predicted molar refractivity (Wildman–Crippen MR) is 59.9 cm³/mol. The van der Waals surface area contributed by atoms with E-state index in [0.29, 0.717) is 12.3 Å². The third-order valence-electron chi connectivity index (χ3n) is 2.75. The Morgan fingerprint density at radius 1 is 1.69 bits per heavy atom. The Labute approximate surface area is 94.0 Å². The summed E-state index contributed by atoms with van der Waals surface area (Å²) in [6, 6.07) is 3.41. The number of carbonyl (C=O) groups excluding carboxylic acids is 1. The van der Waals surface area contributed by atoms with Crippen molar-refractivity contribution in [2.45, 2.75) is 25.5 Å². The van der Waals surface area contributed by atoms with Gasteiger partial charge in [0.05, 0.1) is 17.8 Å². The number of ether oxygens (including phenoxy) is 1. The number of nitrogens with two attached hydrogens (primary N) is 1. The Balaban J connectivity index is 2.06. The molecule has 0 radical (unpaired) electrons. The van der Waals surface area contributed by atoms with Gasteiger partial charge in [-0.05, 0) is 25.5 Å². The fourth-order valence-corrected chi connectivity index (χ4v) is 1.77. The van der Waals surface area contributed by atoms with Gasteiger partial charge in [-0.15, -0.1) is 0 Å². The van der Waals surface area contributed by atoms with Gasteiger partial charge >= 0.3 is 0 Å². The van der Waals surface area contributed by atoms with E-state index in [1.807, 2.05) is 6.92 Å². The van der Waals surface area contributed by atoms with Crippen LogP contribution in [-0.4, -0.2) is 29.6 Å². The Morgan fingerprint density at radius 2 is 2.50 bits per heavy atom. The van der Waals surface area contributed by atoms with Gasteiger partial charge in [0.2, 0.25) is 0 Å². The number of hydrogen-bond donors (Lipinski definition) is 2. The highest BCUT2D eigenvalue weighted by molar-refractivity contribution is 5.97. The second-order valence-corrected chi connectivity index (χ2v) is 3.89. The third kappa shape index (κ3) is 2.14. The molecule has 5 heteroatoms. The summed E-state index contributed by atoms with van der Waals surface area (Å²) in [7, 11) is 0. The van der Waals surface area contributed by atoms with Gasteiger partial charge in [0.25, 0.3) is 5.91 Å². The van der Waals surface area contributed by atoms with E-state index < -0.39 is 0 Å². The van der Waals surface area contributed by atoms with Crippen molar-refractivity contribution < 1.29 is 9.53 Å². The van der Waals surface area contributed by atoms with Crippen molar-refractivity contribution in [1.29, 1.82) is 0 Å². The summed E-state index contributed by atoms with van der Waals surface area (Å²) in [5, 5.41) is 2.88. The van der Waals surface area contributed by atoms with Crippen molar-refractivity contribution in [3.05, 3.63) is 24.0 Å². The number of carbonyl (C=O) groups is 1. The monoisotopic (exact) mass is 221 g/mol. The van der Waals surface area contributed by atoms with Gasteiger partial charge in [0.15, 0.2) is 5.69 Å². The summed E-state index contributed by atoms with van der Waals surface area (Å²) in [5.74, 6) is -0.236. The van der Waals surface area contributed by atoms with E-state index in [1.54, 1.807) is 18.3 Å². The molecule has 1 aliphatic heterocycles. The number of nitrogen functional groups attached to an aromatic ring is 1. The summed E-state index contributed by atoms with van der Waals surface area (Å²) in [5.41, 5.74) is 6.35. The lowest BCUT2D eigenvalue weighted by Gasteiger charge is -2.16. The van der Waals surface area contributed by atoms with Crippen molar-refractivity contribution in [2.75, 3.05) is 12.3 Å². The highest BCUT2D eigenvalue weighted by atomic mass is 16.5. The summed E-state index contributed by atoms with van der Waals surface area (Å²) >= 11 is 0. The zero-order valence-electron chi connectivity index (χ0n) is 9.14. The zero-order valence-corrected chi connectivity index (χ0v) is 9.14. The minimum absolute atomic E-state index is 0.0499. The maximum atomic E-state index is 11.9. The minimum Gasteiger partial charge on any atom is -0.397 e. The molecule has 0 aromatic carbocycles. The second kappa shape index (κ2) is 4.49. The SMILES string of the molecule is CC1OCCC1NC(=O)c1ncccc1N. The molecule has 1 aromatic rings. The molecule has 0 saturated carbocycles. The van der Waals surface area contributed by atoms with Crippen LogP contribution in [0.5, 0.6) is 0 Å². The topological polar surface area (TPSA) is 77.2 Å². The molecule has 1 aliphatic rings. The van der Waals surface area contributed by atoms with Gasteiger partial charge in [-0.25, -0.2) is 4.98 Å². The minimum atomic E-state index is -0.236. The van der Waals surface area contributed by atoms with Crippen LogP contribution in [0.1, 0.15) is 23.8 Å². The van der Waals surface area contributed by atoms with Crippen LogP contribution in [0.4, 0.5) is 5.69 Å². The molecule has 16 heavy (non-hydrogen) atoms. The lowest BCUT2D eigenvalue weighted by atomic mass is 10.1. The van der Waals surface area contributed by atoms with Gasteiger partial charge in [0, 0.05) is 12.8 Å². The van der Waals surface area contributed by atoms with Crippen molar-refractivity contribution in [3.8, 4) is 0 Å². The van der Waals surface area contributed by atoms with Crippen molar-refractivity contribution >= 4 is 11.6 Å². The molecule has 5 nitrogen and oxygen atoms in total. The maximum Gasteiger partial charge on any atom is 0.272 e. The number of amides is 1. The van der Waals surface area contributed by atoms with E-state index in [1.165, 1.54) is 0 Å². The number of rotatable bonds is 2. The number of anilines is 1. The first kappa shape index (κ1) is 10.9. The average Bonchev–Trinajstić information content (AvgIpc) is 2.65. The van der Waals surface area contributed by atoms with Gasteiger partial charge in [-0.2, -0.15) is 0 Å². The fourth-order valence-electron chi connectivity index (χ4n) is 1.77. The van der Waals surface area contributed by atoms with E-state index in [9.17, 15) is 4.79 Å². The van der Waals surface area contributed by atoms with Gasteiger partial charge in [-0.1, -0.05) is 0 Å². The summed E-state index contributed by atoms with van der Waals surface area (Å²) in [4.78, 5) is 15.8. The molecular weight excluding hydrogens is 206 g/mol. The molecule has 0 aliphatic carbocycles. The largest absolute Gasteiger partial charge is 0.397 e. The Morgan fingerprint density at radius 3 is 3.12 bits per heavy atom. The summed E-state index contributed by atoms with van der Waals surface area (Å²) in [6.45, 7) is 2.63. The molecule has 0 bridgehead atoms. The van der Waals surface area contributed by atoms with E-state index >= 15 is 0 Å². The highest BCUT2D eigenvalue weighted by Gasteiger charge is 2.26. The normalized spacial score (nSPS) is 24.3. The number of nitrogens with zero attached hydrogens (tertiary/aromatic N) is 1. The van der Waals surface area contributed by atoms with Crippen LogP contribution >= 0.6 is 0 Å². The molecule has 2 heterocycles. The first-order valence-corrected chi connectivity index (χ1v) is 5.31. The molecule has 1 fully saturated rings. The first-order chi connectivity index (χ1) is 7.68. The molecule has 3 N–H and O–H groups in total. The molecule has 2 unspecified atom stereocenters. The Bertz CT molecular complexity index is 395. The number of aromatic nitrogens is 1. The average molecular weight is 221 g/mol. The molecule has 1 saturated heterocycles. The van der Waals surface area contributed by atoms with Crippen LogP contribution < -0.4 is 11.1 Å². The number of hydrogen-bond acceptors (Lipinski definition) is 4. The standard InChI is InChI=1S/C11H15N3O2/c1-7-9(4-6-16-7)14-11(15)10-8(12)3-2-5-13-10/h2-3,5,7,9H,4,6,12H2,1H3,(H,14,15). The second-order valence-electron chi connectivity index (χ2n) is 3.89.